The second kappa shape index (κ2) is 8.30. The number of ether oxygens (including phenoxy) is 1. The summed E-state index contributed by atoms with van der Waals surface area (Å²) in [5.74, 6) is 0.0374. The van der Waals surface area contributed by atoms with Crippen molar-refractivity contribution in [1.29, 1.82) is 0 Å². The Kier molecular flexibility index (Phi) is 5.31. The molecular formula is C23H15N3O5S2. The van der Waals surface area contributed by atoms with Crippen molar-refractivity contribution in [2.24, 2.45) is 0 Å². The number of carbonyl (C=O) groups excluding carboxylic acids is 2. The number of hydrogen-bond donors (Lipinski definition) is 0. The highest BCUT2D eigenvalue weighted by atomic mass is 32.2. The maximum Gasteiger partial charge on any atom is 0.311 e. The minimum absolute atomic E-state index is 0.0783. The first-order valence-electron chi connectivity index (χ1n) is 9.79. The van der Waals surface area contributed by atoms with Crippen molar-refractivity contribution >= 4 is 56.5 Å². The lowest BCUT2D eigenvalue weighted by molar-refractivity contribution is -0.385. The average molecular weight is 478 g/mol. The van der Waals surface area contributed by atoms with Crippen molar-refractivity contribution in [3.63, 3.8) is 0 Å². The Morgan fingerprint density at radius 1 is 1.06 bits per heavy atom. The van der Waals surface area contributed by atoms with Crippen LogP contribution in [0, 0.1) is 10.1 Å². The van der Waals surface area contributed by atoms with Gasteiger partial charge in [0.1, 0.15) is 0 Å². The quantitative estimate of drug-likeness (QED) is 0.161. The van der Waals surface area contributed by atoms with E-state index in [-0.39, 0.29) is 23.3 Å². The topological polar surface area (TPSA) is 103 Å². The van der Waals surface area contributed by atoms with Crippen LogP contribution < -0.4 is 9.64 Å². The molecule has 5 rings (SSSR count). The zero-order chi connectivity index (χ0) is 23.1. The number of carbonyl (C=O) groups is 2. The van der Waals surface area contributed by atoms with Crippen molar-refractivity contribution < 1.29 is 19.2 Å². The largest absolute Gasteiger partial charge is 0.490 e. The molecule has 0 unspecified atom stereocenters. The summed E-state index contributed by atoms with van der Waals surface area (Å²) < 4.78 is 6.66. The van der Waals surface area contributed by atoms with Gasteiger partial charge < -0.3 is 4.74 Å². The molecule has 0 atom stereocenters. The number of rotatable bonds is 6. The Bertz CT molecular complexity index is 1410. The number of aromatic nitrogens is 1. The molecule has 4 aromatic rings. The van der Waals surface area contributed by atoms with E-state index in [1.165, 1.54) is 41.2 Å². The molecule has 1 aliphatic heterocycles. The van der Waals surface area contributed by atoms with Gasteiger partial charge in [0, 0.05) is 11.8 Å². The summed E-state index contributed by atoms with van der Waals surface area (Å²) in [6, 6.07) is 16.9. The molecule has 3 aromatic carbocycles. The van der Waals surface area contributed by atoms with Gasteiger partial charge in [0.25, 0.3) is 11.8 Å². The summed E-state index contributed by atoms with van der Waals surface area (Å²) in [4.78, 5) is 42.1. The first-order valence-corrected chi connectivity index (χ1v) is 11.6. The number of thiazole rings is 1. The third-order valence-corrected chi connectivity index (χ3v) is 7.44. The molecule has 0 radical (unpaired) electrons. The lowest BCUT2D eigenvalue weighted by atomic mass is 10.1. The maximum absolute atomic E-state index is 12.8. The predicted molar refractivity (Wildman–Crippen MR) is 126 cm³/mol. The minimum atomic E-state index is -0.467. The van der Waals surface area contributed by atoms with Crippen molar-refractivity contribution in [2.45, 2.75) is 10.1 Å². The van der Waals surface area contributed by atoms with Crippen LogP contribution in [0.2, 0.25) is 0 Å². The molecule has 1 aliphatic rings. The van der Waals surface area contributed by atoms with Gasteiger partial charge in [-0.1, -0.05) is 30.0 Å². The molecular weight excluding hydrogens is 462 g/mol. The summed E-state index contributed by atoms with van der Waals surface area (Å²) in [5, 5.41) is 11.2. The molecule has 33 heavy (non-hydrogen) atoms. The molecule has 0 fully saturated rings. The normalized spacial score (nSPS) is 12.9. The van der Waals surface area contributed by atoms with E-state index >= 15 is 0 Å². The number of hydrogen-bond acceptors (Lipinski definition) is 8. The van der Waals surface area contributed by atoms with Crippen molar-refractivity contribution in [2.75, 3.05) is 12.0 Å². The number of amides is 2. The highest BCUT2D eigenvalue weighted by Gasteiger charge is 2.36. The van der Waals surface area contributed by atoms with Crippen LogP contribution in [0.5, 0.6) is 5.75 Å². The van der Waals surface area contributed by atoms with Crippen LogP contribution in [0.3, 0.4) is 0 Å². The van der Waals surface area contributed by atoms with Crippen LogP contribution in [0.4, 0.5) is 11.4 Å². The first-order chi connectivity index (χ1) is 16.0. The van der Waals surface area contributed by atoms with Crippen LogP contribution in [-0.2, 0) is 5.75 Å². The van der Waals surface area contributed by atoms with E-state index in [9.17, 15) is 19.7 Å². The molecule has 0 saturated heterocycles. The molecule has 0 aliphatic carbocycles. The lowest BCUT2D eigenvalue weighted by Gasteiger charge is -2.13. The number of nitrogens with zero attached hydrogens (tertiary/aromatic N) is 3. The van der Waals surface area contributed by atoms with E-state index in [0.717, 1.165) is 20.1 Å². The summed E-state index contributed by atoms with van der Waals surface area (Å²) in [7, 11) is 1.40. The van der Waals surface area contributed by atoms with Gasteiger partial charge >= 0.3 is 5.69 Å². The fourth-order valence-electron chi connectivity index (χ4n) is 3.63. The molecule has 8 nitrogen and oxygen atoms in total. The number of fused-ring (bicyclic) bond motifs is 2. The number of nitro benzene ring substituents is 1. The maximum atomic E-state index is 12.8. The number of nitro groups is 1. The van der Waals surface area contributed by atoms with E-state index in [0.29, 0.717) is 22.6 Å². The molecule has 1 aromatic heterocycles. The zero-order valence-corrected chi connectivity index (χ0v) is 18.8. The summed E-state index contributed by atoms with van der Waals surface area (Å²) in [6.07, 6.45) is 0. The van der Waals surface area contributed by atoms with Crippen molar-refractivity contribution in [3.05, 3.63) is 87.5 Å². The van der Waals surface area contributed by atoms with Crippen LogP contribution in [0.15, 0.2) is 65.0 Å². The highest BCUT2D eigenvalue weighted by Crippen LogP contribution is 2.36. The number of imide groups is 1. The van der Waals surface area contributed by atoms with Gasteiger partial charge in [0.05, 0.1) is 39.1 Å². The van der Waals surface area contributed by atoms with Crippen molar-refractivity contribution in [1.82, 2.24) is 4.98 Å². The first kappa shape index (κ1) is 21.1. The second-order valence-electron chi connectivity index (χ2n) is 7.18. The fraction of sp³-hybridized carbons (Fsp3) is 0.0870. The summed E-state index contributed by atoms with van der Waals surface area (Å²) in [5.41, 5.74) is 2.75. The van der Waals surface area contributed by atoms with Crippen LogP contribution in [0.1, 0.15) is 26.3 Å². The van der Waals surface area contributed by atoms with Crippen LogP contribution >= 0.6 is 23.1 Å². The molecule has 0 spiro atoms. The van der Waals surface area contributed by atoms with Crippen LogP contribution in [0.25, 0.3) is 10.2 Å². The van der Waals surface area contributed by atoms with Gasteiger partial charge in [-0.15, -0.1) is 11.3 Å². The Balaban J connectivity index is 1.38. The number of methoxy groups -OCH3 is 1. The van der Waals surface area contributed by atoms with Gasteiger partial charge in [-0.2, -0.15) is 0 Å². The van der Waals surface area contributed by atoms with Crippen molar-refractivity contribution in [3.8, 4) is 5.75 Å². The monoisotopic (exact) mass is 477 g/mol. The lowest BCUT2D eigenvalue weighted by Crippen LogP contribution is -2.29. The Morgan fingerprint density at radius 3 is 2.45 bits per heavy atom. The zero-order valence-electron chi connectivity index (χ0n) is 17.2. The van der Waals surface area contributed by atoms with E-state index in [2.05, 4.69) is 4.98 Å². The molecule has 0 N–H and O–H groups in total. The number of thioether (sulfide) groups is 1. The third-order valence-electron chi connectivity index (χ3n) is 5.21. The number of benzene rings is 3. The summed E-state index contributed by atoms with van der Waals surface area (Å²) >= 11 is 2.90. The Morgan fingerprint density at radius 2 is 1.79 bits per heavy atom. The van der Waals surface area contributed by atoms with E-state index < -0.39 is 4.92 Å². The van der Waals surface area contributed by atoms with E-state index in [1.54, 1.807) is 54.6 Å². The van der Waals surface area contributed by atoms with Gasteiger partial charge in [0.15, 0.2) is 10.1 Å². The predicted octanol–water partition coefficient (Wildman–Crippen LogP) is 5.31. The van der Waals surface area contributed by atoms with Gasteiger partial charge in [0.2, 0.25) is 0 Å². The SMILES string of the molecule is COc1ccc(CSc2nc3ccc(N4C(=O)c5ccccc5C4=O)cc3s2)cc1[N+](=O)[O-]. The smallest absolute Gasteiger partial charge is 0.311 e. The Hall–Kier alpha value is -3.76. The second-order valence-corrected chi connectivity index (χ2v) is 9.43. The third kappa shape index (κ3) is 3.73. The van der Waals surface area contributed by atoms with E-state index in [4.69, 9.17) is 4.74 Å². The minimum Gasteiger partial charge on any atom is -0.490 e. The Labute approximate surface area is 196 Å². The highest BCUT2D eigenvalue weighted by molar-refractivity contribution is 8.00. The fourth-order valence-corrected chi connectivity index (χ4v) is 5.67. The molecule has 2 heterocycles. The van der Waals surface area contributed by atoms with Gasteiger partial charge in [-0.05, 0) is 42.0 Å². The van der Waals surface area contributed by atoms with Gasteiger partial charge in [-0.3, -0.25) is 19.7 Å². The molecule has 2 amide bonds. The van der Waals surface area contributed by atoms with E-state index in [1.807, 2.05) is 0 Å². The van der Waals surface area contributed by atoms with Gasteiger partial charge in [-0.25, -0.2) is 9.88 Å². The molecule has 0 saturated carbocycles. The molecule has 10 heteroatoms. The average Bonchev–Trinajstić information content (AvgIpc) is 3.35. The van der Waals surface area contributed by atoms with Crippen LogP contribution in [-0.4, -0.2) is 28.8 Å². The number of anilines is 1. The summed E-state index contributed by atoms with van der Waals surface area (Å²) in [6.45, 7) is 0. The molecule has 0 bridgehead atoms. The standard InChI is InChI=1S/C23H15N3O5S2/c1-31-19-9-6-13(10-18(19)26(29)30)12-32-23-24-17-8-7-14(11-20(17)33-23)25-21(27)15-4-2-3-5-16(15)22(25)28/h2-11H,12H2,1H3. The molecule has 164 valence electrons.